The first-order valence-corrected chi connectivity index (χ1v) is 4.74. The predicted molar refractivity (Wildman–Crippen MR) is 41.9 cm³/mol. The molecule has 3 aliphatic rings. The summed E-state index contributed by atoms with van der Waals surface area (Å²) in [4.78, 5) is 5.75. The summed E-state index contributed by atoms with van der Waals surface area (Å²) in [7, 11) is 2.10. The highest BCUT2D eigenvalue weighted by molar-refractivity contribution is 4.98. The van der Waals surface area contributed by atoms with E-state index in [4.69, 9.17) is 4.84 Å². The number of nitrogens with zero attached hydrogens (tertiary/aromatic N) is 1. The van der Waals surface area contributed by atoms with Gasteiger partial charge in [-0.1, -0.05) is 0 Å². The molecule has 3 rings (SSSR count). The predicted octanol–water partition coefficient (Wildman–Crippen LogP) is 1.42. The zero-order chi connectivity index (χ0) is 7.42. The van der Waals surface area contributed by atoms with E-state index < -0.39 is 0 Å². The summed E-state index contributed by atoms with van der Waals surface area (Å²) in [5.41, 5.74) is 0. The third-order valence-corrected chi connectivity index (χ3v) is 3.78. The molecule has 0 spiro atoms. The molecule has 0 aromatic carbocycles. The van der Waals surface area contributed by atoms with Crippen LogP contribution < -0.4 is 0 Å². The molecule has 1 saturated heterocycles. The van der Waals surface area contributed by atoms with Gasteiger partial charge in [0, 0.05) is 19.0 Å². The van der Waals surface area contributed by atoms with Gasteiger partial charge in [0.15, 0.2) is 0 Å². The first-order valence-electron chi connectivity index (χ1n) is 4.74. The quantitative estimate of drug-likeness (QED) is 0.522. The smallest absolute Gasteiger partial charge is 0.0837 e. The molecule has 0 aromatic heterocycles. The van der Waals surface area contributed by atoms with Gasteiger partial charge in [-0.15, -0.1) is 0 Å². The Hall–Kier alpha value is -0.0800. The SMILES string of the molecule is CN1OC2CCC3CC2C1C3. The van der Waals surface area contributed by atoms with E-state index in [2.05, 4.69) is 12.1 Å². The third kappa shape index (κ3) is 0.744. The van der Waals surface area contributed by atoms with E-state index in [0.717, 1.165) is 17.9 Å². The zero-order valence-corrected chi connectivity index (χ0v) is 6.99. The van der Waals surface area contributed by atoms with Gasteiger partial charge >= 0.3 is 0 Å². The largest absolute Gasteiger partial charge is 0.295 e. The molecule has 2 bridgehead atoms. The summed E-state index contributed by atoms with van der Waals surface area (Å²) in [5.74, 6) is 1.92. The lowest BCUT2D eigenvalue weighted by molar-refractivity contribution is -0.157. The van der Waals surface area contributed by atoms with Gasteiger partial charge in [-0.3, -0.25) is 4.84 Å². The van der Waals surface area contributed by atoms with Crippen LogP contribution in [0, 0.1) is 11.8 Å². The topological polar surface area (TPSA) is 12.5 Å². The van der Waals surface area contributed by atoms with E-state index in [-0.39, 0.29) is 0 Å². The van der Waals surface area contributed by atoms with Crippen LogP contribution in [0.3, 0.4) is 0 Å². The molecule has 2 aliphatic carbocycles. The van der Waals surface area contributed by atoms with E-state index in [9.17, 15) is 0 Å². The van der Waals surface area contributed by atoms with E-state index in [0.29, 0.717) is 6.10 Å². The molecule has 0 radical (unpaired) electrons. The van der Waals surface area contributed by atoms with Gasteiger partial charge < -0.3 is 0 Å². The van der Waals surface area contributed by atoms with E-state index in [1.165, 1.54) is 25.7 Å². The van der Waals surface area contributed by atoms with Crippen molar-refractivity contribution >= 4 is 0 Å². The highest BCUT2D eigenvalue weighted by Gasteiger charge is 2.50. The van der Waals surface area contributed by atoms with Crippen molar-refractivity contribution in [3.63, 3.8) is 0 Å². The Morgan fingerprint density at radius 1 is 1.27 bits per heavy atom. The lowest BCUT2D eigenvalue weighted by atomic mass is 9.87. The molecule has 4 unspecified atom stereocenters. The van der Waals surface area contributed by atoms with Crippen LogP contribution in [0.15, 0.2) is 0 Å². The average Bonchev–Trinajstić information content (AvgIpc) is 2.45. The van der Waals surface area contributed by atoms with Crippen molar-refractivity contribution in [2.45, 2.75) is 37.8 Å². The summed E-state index contributed by atoms with van der Waals surface area (Å²) in [6, 6.07) is 0.771. The highest BCUT2D eigenvalue weighted by Crippen LogP contribution is 2.49. The number of hydrogen-bond donors (Lipinski definition) is 0. The van der Waals surface area contributed by atoms with E-state index >= 15 is 0 Å². The van der Waals surface area contributed by atoms with Crippen molar-refractivity contribution in [3.8, 4) is 0 Å². The van der Waals surface area contributed by atoms with Crippen molar-refractivity contribution in [2.24, 2.45) is 11.8 Å². The van der Waals surface area contributed by atoms with E-state index in [1.807, 2.05) is 0 Å². The van der Waals surface area contributed by atoms with Gasteiger partial charge in [-0.25, -0.2) is 0 Å². The Morgan fingerprint density at radius 3 is 3.09 bits per heavy atom. The lowest BCUT2D eigenvalue weighted by Crippen LogP contribution is -2.25. The molecule has 3 fully saturated rings. The maximum atomic E-state index is 5.75. The van der Waals surface area contributed by atoms with Crippen molar-refractivity contribution in [1.29, 1.82) is 0 Å². The maximum Gasteiger partial charge on any atom is 0.0837 e. The van der Waals surface area contributed by atoms with Gasteiger partial charge in [0.2, 0.25) is 0 Å². The molecular formula is C9H15NO. The highest BCUT2D eigenvalue weighted by atomic mass is 16.7. The van der Waals surface area contributed by atoms with Gasteiger partial charge in [0.25, 0.3) is 0 Å². The van der Waals surface area contributed by atoms with Crippen molar-refractivity contribution in [3.05, 3.63) is 0 Å². The summed E-state index contributed by atoms with van der Waals surface area (Å²) in [6.45, 7) is 0. The van der Waals surface area contributed by atoms with Gasteiger partial charge in [0.1, 0.15) is 0 Å². The Kier molecular flexibility index (Phi) is 1.16. The molecule has 2 heteroatoms. The van der Waals surface area contributed by atoms with Crippen LogP contribution in [0.25, 0.3) is 0 Å². The second-order valence-corrected chi connectivity index (χ2v) is 4.34. The number of hydroxylamine groups is 2. The van der Waals surface area contributed by atoms with Crippen LogP contribution in [0.2, 0.25) is 0 Å². The molecule has 0 amide bonds. The zero-order valence-electron chi connectivity index (χ0n) is 6.99. The minimum Gasteiger partial charge on any atom is -0.295 e. The summed E-state index contributed by atoms with van der Waals surface area (Å²) in [6.07, 6.45) is 6.17. The molecule has 62 valence electrons. The summed E-state index contributed by atoms with van der Waals surface area (Å²) in [5, 5.41) is 2.12. The van der Waals surface area contributed by atoms with Crippen LogP contribution in [0.4, 0.5) is 0 Å². The molecular weight excluding hydrogens is 138 g/mol. The minimum absolute atomic E-state index is 0.587. The van der Waals surface area contributed by atoms with Crippen LogP contribution >= 0.6 is 0 Å². The Morgan fingerprint density at radius 2 is 2.18 bits per heavy atom. The summed E-state index contributed by atoms with van der Waals surface area (Å²) >= 11 is 0. The fraction of sp³-hybridized carbons (Fsp3) is 1.00. The molecule has 11 heavy (non-hydrogen) atoms. The number of hydrogen-bond acceptors (Lipinski definition) is 2. The number of fused-ring (bicyclic) bond motifs is 1. The van der Waals surface area contributed by atoms with Crippen LogP contribution in [-0.2, 0) is 4.84 Å². The second kappa shape index (κ2) is 1.99. The minimum atomic E-state index is 0.587. The molecule has 1 heterocycles. The molecule has 4 atom stereocenters. The second-order valence-electron chi connectivity index (χ2n) is 4.34. The molecule has 2 nitrogen and oxygen atoms in total. The van der Waals surface area contributed by atoms with Gasteiger partial charge in [-0.2, -0.15) is 5.06 Å². The normalized spacial score (nSPS) is 55.4. The lowest BCUT2D eigenvalue weighted by Gasteiger charge is -2.24. The Bertz CT molecular complexity index is 182. The standard InChI is InChI=1S/C9H15NO/c1-10-8-5-6-2-3-9(11-10)7(8)4-6/h6-9H,2-5H2,1H3. The van der Waals surface area contributed by atoms with Crippen LogP contribution in [0.5, 0.6) is 0 Å². The molecule has 2 saturated carbocycles. The van der Waals surface area contributed by atoms with Crippen molar-refractivity contribution in [2.75, 3.05) is 7.05 Å². The summed E-state index contributed by atoms with van der Waals surface area (Å²) < 4.78 is 0. The van der Waals surface area contributed by atoms with Crippen LogP contribution in [0.1, 0.15) is 25.7 Å². The first-order chi connectivity index (χ1) is 5.34. The van der Waals surface area contributed by atoms with Crippen molar-refractivity contribution in [1.82, 2.24) is 5.06 Å². The monoisotopic (exact) mass is 153 g/mol. The van der Waals surface area contributed by atoms with Crippen molar-refractivity contribution < 1.29 is 4.84 Å². The van der Waals surface area contributed by atoms with E-state index in [1.54, 1.807) is 0 Å². The Balaban J connectivity index is 1.93. The molecule has 0 N–H and O–H groups in total. The fourth-order valence-electron chi connectivity index (χ4n) is 3.24. The molecule has 1 aliphatic heterocycles. The average molecular weight is 153 g/mol. The molecule has 0 aromatic rings. The maximum absolute atomic E-state index is 5.75. The van der Waals surface area contributed by atoms with Gasteiger partial charge in [-0.05, 0) is 31.6 Å². The van der Waals surface area contributed by atoms with Gasteiger partial charge in [0.05, 0.1) is 6.10 Å². The first kappa shape index (κ1) is 6.44. The Labute approximate surface area is 67.5 Å². The van der Waals surface area contributed by atoms with Crippen LogP contribution in [-0.4, -0.2) is 24.3 Å². The third-order valence-electron chi connectivity index (χ3n) is 3.78. The fourth-order valence-corrected chi connectivity index (χ4v) is 3.24. The number of rotatable bonds is 0.